The molecule has 0 unspecified atom stereocenters. The van der Waals surface area contributed by atoms with Crippen molar-refractivity contribution < 1.29 is 17.6 Å². The molecule has 3 aromatic rings. The van der Waals surface area contributed by atoms with E-state index in [1.807, 2.05) is 0 Å². The van der Waals surface area contributed by atoms with Gasteiger partial charge < -0.3 is 4.42 Å². The van der Waals surface area contributed by atoms with E-state index in [1.54, 1.807) is 26.0 Å². The largest absolute Gasteiger partial charge is 0.419 e. The van der Waals surface area contributed by atoms with Crippen LogP contribution in [0.4, 0.5) is 5.69 Å². The lowest BCUT2D eigenvalue weighted by molar-refractivity contribution is 0.101. The zero-order chi connectivity index (χ0) is 19.1. The molecule has 136 valence electrons. The van der Waals surface area contributed by atoms with Crippen LogP contribution in [-0.2, 0) is 16.6 Å². The van der Waals surface area contributed by atoms with Gasteiger partial charge in [0.2, 0.25) is 0 Å². The van der Waals surface area contributed by atoms with Gasteiger partial charge in [-0.15, -0.1) is 0 Å². The lowest BCUT2D eigenvalue weighted by Crippen LogP contribution is -2.14. The van der Waals surface area contributed by atoms with Gasteiger partial charge in [0, 0.05) is 18.2 Å². The Morgan fingerprint density at radius 1 is 1.19 bits per heavy atom. The fraction of sp³-hybridized carbons (Fsp3) is 0.222. The van der Waals surface area contributed by atoms with Gasteiger partial charge >= 0.3 is 5.76 Å². The minimum atomic E-state index is -3.91. The summed E-state index contributed by atoms with van der Waals surface area (Å²) in [6.45, 7) is 5.38. The van der Waals surface area contributed by atoms with Gasteiger partial charge in [0.15, 0.2) is 11.4 Å². The van der Waals surface area contributed by atoms with Crippen molar-refractivity contribution in [3.63, 3.8) is 0 Å². The first-order valence-electron chi connectivity index (χ1n) is 8.00. The molecule has 0 radical (unpaired) electrons. The first-order chi connectivity index (χ1) is 12.2. The van der Waals surface area contributed by atoms with E-state index in [0.717, 1.165) is 0 Å². The van der Waals surface area contributed by atoms with Crippen LogP contribution in [0.5, 0.6) is 0 Å². The highest BCUT2D eigenvalue weighted by Crippen LogP contribution is 2.24. The second-order valence-electron chi connectivity index (χ2n) is 5.93. The van der Waals surface area contributed by atoms with Crippen LogP contribution in [0.15, 0.2) is 50.5 Å². The highest BCUT2D eigenvalue weighted by molar-refractivity contribution is 7.92. The maximum absolute atomic E-state index is 12.7. The van der Waals surface area contributed by atoms with Crippen molar-refractivity contribution in [2.45, 2.75) is 32.2 Å². The average Bonchev–Trinajstić information content (AvgIpc) is 2.90. The van der Waals surface area contributed by atoms with E-state index in [1.165, 1.54) is 35.8 Å². The summed E-state index contributed by atoms with van der Waals surface area (Å²) >= 11 is 0. The number of carbonyl (C=O) groups is 1. The number of benzene rings is 2. The fourth-order valence-electron chi connectivity index (χ4n) is 2.67. The van der Waals surface area contributed by atoms with Gasteiger partial charge in [0.05, 0.1) is 16.1 Å². The molecule has 8 heteroatoms. The normalized spacial score (nSPS) is 11.7. The average molecular weight is 374 g/mol. The molecular formula is C18H18N2O5S. The number of nitrogens with zero attached hydrogens (tertiary/aromatic N) is 1. The molecule has 0 aliphatic rings. The summed E-state index contributed by atoms with van der Waals surface area (Å²) in [5.74, 6) is -0.690. The van der Waals surface area contributed by atoms with Crippen LogP contribution in [0.3, 0.4) is 0 Å². The summed E-state index contributed by atoms with van der Waals surface area (Å²) in [4.78, 5) is 23.3. The number of aryl methyl sites for hydroxylation is 2. The summed E-state index contributed by atoms with van der Waals surface area (Å²) in [5.41, 5.74) is 2.16. The minimum absolute atomic E-state index is 0.0327. The van der Waals surface area contributed by atoms with E-state index in [2.05, 4.69) is 4.72 Å². The van der Waals surface area contributed by atoms with Gasteiger partial charge in [-0.3, -0.25) is 14.1 Å². The number of hydrogen-bond donors (Lipinski definition) is 1. The van der Waals surface area contributed by atoms with Gasteiger partial charge in [-0.25, -0.2) is 13.2 Å². The van der Waals surface area contributed by atoms with Crippen molar-refractivity contribution in [1.82, 2.24) is 4.57 Å². The van der Waals surface area contributed by atoms with Gasteiger partial charge in [0.25, 0.3) is 10.0 Å². The van der Waals surface area contributed by atoms with Crippen molar-refractivity contribution in [3.05, 3.63) is 58.1 Å². The number of rotatable bonds is 5. The molecule has 0 aliphatic carbocycles. The van der Waals surface area contributed by atoms with E-state index >= 15 is 0 Å². The predicted molar refractivity (Wildman–Crippen MR) is 98.1 cm³/mol. The number of Topliss-reactive ketones (excluding diaryl/α,β-unsaturated/α-hetero) is 1. The van der Waals surface area contributed by atoms with Crippen LogP contribution in [0.25, 0.3) is 11.1 Å². The number of ketones is 1. The van der Waals surface area contributed by atoms with Gasteiger partial charge in [0.1, 0.15) is 0 Å². The van der Waals surface area contributed by atoms with E-state index < -0.39 is 15.8 Å². The summed E-state index contributed by atoms with van der Waals surface area (Å²) < 4.78 is 34.5. The molecule has 26 heavy (non-hydrogen) atoms. The zero-order valence-electron chi connectivity index (χ0n) is 14.6. The quantitative estimate of drug-likeness (QED) is 0.693. The van der Waals surface area contributed by atoms with Crippen LogP contribution in [0.1, 0.15) is 29.8 Å². The summed E-state index contributed by atoms with van der Waals surface area (Å²) in [6.07, 6.45) is 0. The molecule has 0 saturated carbocycles. The number of sulfonamides is 1. The van der Waals surface area contributed by atoms with Crippen molar-refractivity contribution in [3.8, 4) is 0 Å². The summed E-state index contributed by atoms with van der Waals surface area (Å²) in [6, 6.07) is 9.09. The molecule has 7 nitrogen and oxygen atoms in total. The molecule has 1 aromatic heterocycles. The monoisotopic (exact) mass is 374 g/mol. The lowest BCUT2D eigenvalue weighted by Gasteiger charge is -2.11. The third-order valence-electron chi connectivity index (χ3n) is 4.15. The summed E-state index contributed by atoms with van der Waals surface area (Å²) in [5, 5.41) is 0. The van der Waals surface area contributed by atoms with Crippen molar-refractivity contribution >= 4 is 32.6 Å². The molecule has 0 atom stereocenters. The first kappa shape index (κ1) is 17.9. The van der Waals surface area contributed by atoms with Crippen LogP contribution in [-0.4, -0.2) is 18.8 Å². The molecule has 1 heterocycles. The Hall–Kier alpha value is -2.87. The number of anilines is 1. The Morgan fingerprint density at radius 3 is 2.58 bits per heavy atom. The van der Waals surface area contributed by atoms with E-state index in [-0.39, 0.29) is 16.3 Å². The molecule has 0 aliphatic heterocycles. The summed E-state index contributed by atoms with van der Waals surface area (Å²) in [7, 11) is -3.91. The van der Waals surface area contributed by atoms with Crippen molar-refractivity contribution in [2.75, 3.05) is 4.72 Å². The second kappa shape index (κ2) is 6.45. The SMILES string of the molecule is CCn1c(=O)oc2cc(S(=O)(=O)Nc3cc(C(C)=O)ccc3C)ccc21. The maximum Gasteiger partial charge on any atom is 0.419 e. The molecule has 0 saturated heterocycles. The second-order valence-corrected chi connectivity index (χ2v) is 7.62. The number of carbonyl (C=O) groups excluding carboxylic acids is 1. The van der Waals surface area contributed by atoms with Gasteiger partial charge in [-0.1, -0.05) is 12.1 Å². The topological polar surface area (TPSA) is 98.4 Å². The van der Waals surface area contributed by atoms with E-state index in [4.69, 9.17) is 4.42 Å². The molecular weight excluding hydrogens is 356 g/mol. The van der Waals surface area contributed by atoms with Gasteiger partial charge in [-0.2, -0.15) is 0 Å². The van der Waals surface area contributed by atoms with Crippen LogP contribution < -0.4 is 10.5 Å². The number of aromatic nitrogens is 1. The molecule has 3 rings (SSSR count). The Kier molecular flexibility index (Phi) is 4.45. The fourth-order valence-corrected chi connectivity index (χ4v) is 3.80. The maximum atomic E-state index is 12.7. The molecule has 0 bridgehead atoms. The molecule has 2 aromatic carbocycles. The van der Waals surface area contributed by atoms with E-state index in [9.17, 15) is 18.0 Å². The molecule has 0 spiro atoms. The Bertz CT molecular complexity index is 1170. The highest BCUT2D eigenvalue weighted by Gasteiger charge is 2.19. The standard InChI is InChI=1S/C18H18N2O5S/c1-4-20-16-8-7-14(10-17(16)25-18(20)22)26(23,24)19-15-9-13(12(3)21)6-5-11(15)2/h5-10,19H,4H2,1-3H3. The minimum Gasteiger partial charge on any atom is -0.408 e. The Morgan fingerprint density at radius 2 is 1.92 bits per heavy atom. The first-order valence-corrected chi connectivity index (χ1v) is 9.49. The zero-order valence-corrected chi connectivity index (χ0v) is 15.4. The lowest BCUT2D eigenvalue weighted by atomic mass is 10.1. The third-order valence-corrected chi connectivity index (χ3v) is 5.52. The van der Waals surface area contributed by atoms with Crippen LogP contribution >= 0.6 is 0 Å². The Labute approximate surface area is 150 Å². The number of hydrogen-bond acceptors (Lipinski definition) is 5. The molecule has 1 N–H and O–H groups in total. The van der Waals surface area contributed by atoms with Crippen molar-refractivity contribution in [1.29, 1.82) is 0 Å². The number of nitrogens with one attached hydrogen (secondary N) is 1. The molecule has 0 amide bonds. The van der Waals surface area contributed by atoms with Gasteiger partial charge in [-0.05, 0) is 44.5 Å². The van der Waals surface area contributed by atoms with Crippen LogP contribution in [0, 0.1) is 6.92 Å². The number of fused-ring (bicyclic) bond motifs is 1. The van der Waals surface area contributed by atoms with Crippen molar-refractivity contribution in [2.24, 2.45) is 0 Å². The predicted octanol–water partition coefficient (Wildman–Crippen LogP) is 2.93. The Balaban J connectivity index is 2.03. The van der Waals surface area contributed by atoms with E-state index in [0.29, 0.717) is 28.9 Å². The van der Waals surface area contributed by atoms with Crippen LogP contribution in [0.2, 0.25) is 0 Å². The highest BCUT2D eigenvalue weighted by atomic mass is 32.2. The molecule has 0 fully saturated rings. The third kappa shape index (κ3) is 3.15. The number of oxazole rings is 1. The smallest absolute Gasteiger partial charge is 0.408 e.